The van der Waals surface area contributed by atoms with E-state index in [0.29, 0.717) is 11.3 Å². The Morgan fingerprint density at radius 2 is 2.32 bits per heavy atom. The molecule has 0 spiro atoms. The number of rotatable bonds is 4. The third-order valence-corrected chi connectivity index (χ3v) is 4.20. The van der Waals surface area contributed by atoms with Gasteiger partial charge in [-0.25, -0.2) is 0 Å². The summed E-state index contributed by atoms with van der Waals surface area (Å²) < 4.78 is 0.746. The Morgan fingerprint density at radius 3 is 3.00 bits per heavy atom. The van der Waals surface area contributed by atoms with Crippen LogP contribution >= 0.6 is 23.1 Å². The fourth-order valence-electron chi connectivity index (χ4n) is 1.34. The van der Waals surface area contributed by atoms with Crippen molar-refractivity contribution in [3.8, 4) is 6.07 Å². The third-order valence-electron chi connectivity index (χ3n) is 2.29. The Balaban J connectivity index is 2.03. The smallest absolute Gasteiger partial charge is 0.237 e. The van der Waals surface area contributed by atoms with Crippen molar-refractivity contribution in [3.63, 3.8) is 0 Å². The minimum Gasteiger partial charge on any atom is -0.324 e. The Hall–Kier alpha value is -1.91. The van der Waals surface area contributed by atoms with Crippen LogP contribution in [-0.2, 0) is 4.79 Å². The molecule has 0 aliphatic carbocycles. The molecule has 1 heterocycles. The van der Waals surface area contributed by atoms with Gasteiger partial charge in [0.25, 0.3) is 0 Å². The van der Waals surface area contributed by atoms with Crippen LogP contribution in [0.4, 0.5) is 5.69 Å². The second kappa shape index (κ2) is 6.31. The van der Waals surface area contributed by atoms with Crippen molar-refractivity contribution in [3.05, 3.63) is 35.3 Å². The zero-order valence-corrected chi connectivity index (χ0v) is 11.7. The maximum absolute atomic E-state index is 12.0. The minimum atomic E-state index is -0.306. The van der Waals surface area contributed by atoms with Crippen LogP contribution in [0.1, 0.15) is 12.5 Å². The van der Waals surface area contributed by atoms with Gasteiger partial charge in [-0.05, 0) is 19.1 Å². The van der Waals surface area contributed by atoms with Gasteiger partial charge in [-0.3, -0.25) is 4.79 Å². The Morgan fingerprint density at radius 1 is 1.53 bits per heavy atom. The number of carbonyl (C=O) groups excluding carboxylic acids is 1. The number of nitrogens with zero attached hydrogens (tertiary/aromatic N) is 3. The van der Waals surface area contributed by atoms with E-state index in [1.54, 1.807) is 36.7 Å². The number of hydrogen-bond donors (Lipinski definition) is 1. The molecule has 1 amide bonds. The van der Waals surface area contributed by atoms with E-state index in [4.69, 9.17) is 5.26 Å². The summed E-state index contributed by atoms with van der Waals surface area (Å²) in [4.78, 5) is 12.0. The zero-order valence-electron chi connectivity index (χ0n) is 10.0. The van der Waals surface area contributed by atoms with Gasteiger partial charge >= 0.3 is 0 Å². The van der Waals surface area contributed by atoms with E-state index in [2.05, 4.69) is 15.5 Å². The molecule has 0 aliphatic heterocycles. The van der Waals surface area contributed by atoms with Crippen LogP contribution in [0.5, 0.6) is 0 Å². The second-order valence-electron chi connectivity index (χ2n) is 3.61. The van der Waals surface area contributed by atoms with Crippen molar-refractivity contribution < 1.29 is 4.79 Å². The number of amides is 1. The fourth-order valence-corrected chi connectivity index (χ4v) is 2.97. The van der Waals surface area contributed by atoms with Crippen LogP contribution in [0.3, 0.4) is 0 Å². The van der Waals surface area contributed by atoms with Gasteiger partial charge in [0.2, 0.25) is 5.91 Å². The second-order valence-corrected chi connectivity index (χ2v) is 6.03. The summed E-state index contributed by atoms with van der Waals surface area (Å²) in [5.41, 5.74) is 2.60. The minimum absolute atomic E-state index is 0.164. The number of nitrogens with one attached hydrogen (secondary N) is 1. The van der Waals surface area contributed by atoms with Gasteiger partial charge in [0, 0.05) is 0 Å². The van der Waals surface area contributed by atoms with Crippen molar-refractivity contribution in [2.45, 2.75) is 16.5 Å². The molecule has 7 heteroatoms. The predicted octanol–water partition coefficient (Wildman–Crippen LogP) is 2.53. The van der Waals surface area contributed by atoms with Gasteiger partial charge < -0.3 is 5.32 Å². The van der Waals surface area contributed by atoms with Crippen molar-refractivity contribution in [2.75, 3.05) is 5.32 Å². The average molecular weight is 290 g/mol. The number of para-hydroxylation sites is 1. The first kappa shape index (κ1) is 13.5. The molecule has 1 aromatic carbocycles. The lowest BCUT2D eigenvalue weighted by Gasteiger charge is -2.11. The molecule has 1 unspecified atom stereocenters. The van der Waals surface area contributed by atoms with Crippen LogP contribution in [0, 0.1) is 11.3 Å². The number of thioether (sulfide) groups is 1. The van der Waals surface area contributed by atoms with E-state index in [0.717, 1.165) is 4.34 Å². The molecule has 19 heavy (non-hydrogen) atoms. The molecule has 0 aliphatic rings. The summed E-state index contributed by atoms with van der Waals surface area (Å²) >= 11 is 2.73. The predicted molar refractivity (Wildman–Crippen MR) is 75.0 cm³/mol. The molecule has 0 bridgehead atoms. The van der Waals surface area contributed by atoms with Crippen molar-refractivity contribution >= 4 is 34.7 Å². The largest absolute Gasteiger partial charge is 0.324 e. The Bertz CT molecular complexity index is 606. The maximum atomic E-state index is 12.0. The summed E-state index contributed by atoms with van der Waals surface area (Å²) in [5.74, 6) is -0.164. The van der Waals surface area contributed by atoms with Gasteiger partial charge in [-0.1, -0.05) is 35.2 Å². The third kappa shape index (κ3) is 3.53. The molecule has 2 aromatic rings. The van der Waals surface area contributed by atoms with Crippen LogP contribution in [0.25, 0.3) is 0 Å². The van der Waals surface area contributed by atoms with E-state index >= 15 is 0 Å². The number of hydrogen-bond acceptors (Lipinski definition) is 6. The van der Waals surface area contributed by atoms with Crippen LogP contribution < -0.4 is 5.32 Å². The highest BCUT2D eigenvalue weighted by Gasteiger charge is 2.17. The van der Waals surface area contributed by atoms with E-state index in [1.807, 2.05) is 6.07 Å². The quantitative estimate of drug-likeness (QED) is 0.875. The number of aromatic nitrogens is 2. The van der Waals surface area contributed by atoms with Crippen molar-refractivity contribution in [1.82, 2.24) is 10.2 Å². The van der Waals surface area contributed by atoms with Gasteiger partial charge in [0.05, 0.1) is 16.5 Å². The molecule has 0 radical (unpaired) electrons. The fraction of sp³-hybridized carbons (Fsp3) is 0.167. The first-order valence-electron chi connectivity index (χ1n) is 5.43. The summed E-state index contributed by atoms with van der Waals surface area (Å²) in [7, 11) is 0. The number of carbonyl (C=O) groups is 1. The molecule has 2 rings (SSSR count). The first-order valence-corrected chi connectivity index (χ1v) is 7.19. The average Bonchev–Trinajstić information content (AvgIpc) is 2.92. The van der Waals surface area contributed by atoms with Crippen LogP contribution in [-0.4, -0.2) is 21.4 Å². The Kier molecular flexibility index (Phi) is 4.49. The highest BCUT2D eigenvalue weighted by atomic mass is 32.2. The molecule has 0 fully saturated rings. The van der Waals surface area contributed by atoms with E-state index in [9.17, 15) is 4.79 Å². The topological polar surface area (TPSA) is 78.7 Å². The number of benzene rings is 1. The summed E-state index contributed by atoms with van der Waals surface area (Å²) in [6.07, 6.45) is 0. The molecule has 0 saturated heterocycles. The summed E-state index contributed by atoms with van der Waals surface area (Å²) in [6.45, 7) is 1.79. The Labute approximate surface area is 118 Å². The number of anilines is 1. The van der Waals surface area contributed by atoms with E-state index in [-0.39, 0.29) is 11.2 Å². The number of nitriles is 1. The lowest BCUT2D eigenvalue weighted by atomic mass is 10.2. The van der Waals surface area contributed by atoms with Gasteiger partial charge in [0.15, 0.2) is 4.34 Å². The monoisotopic (exact) mass is 290 g/mol. The van der Waals surface area contributed by atoms with E-state index < -0.39 is 0 Å². The molecule has 96 valence electrons. The van der Waals surface area contributed by atoms with Gasteiger partial charge in [-0.2, -0.15) is 5.26 Å². The molecular weight excluding hydrogens is 280 g/mol. The molecule has 1 N–H and O–H groups in total. The lowest BCUT2D eigenvalue weighted by molar-refractivity contribution is -0.115. The molecular formula is C12H10N4OS2. The van der Waals surface area contributed by atoms with Crippen molar-refractivity contribution in [2.24, 2.45) is 0 Å². The summed E-state index contributed by atoms with van der Waals surface area (Å²) in [6, 6.07) is 8.95. The van der Waals surface area contributed by atoms with Crippen LogP contribution in [0.15, 0.2) is 34.1 Å². The van der Waals surface area contributed by atoms with E-state index in [1.165, 1.54) is 23.1 Å². The summed E-state index contributed by atoms with van der Waals surface area (Å²) in [5, 5.41) is 19.0. The van der Waals surface area contributed by atoms with Crippen molar-refractivity contribution in [1.29, 1.82) is 5.26 Å². The van der Waals surface area contributed by atoms with Gasteiger partial charge in [0.1, 0.15) is 11.6 Å². The SMILES string of the molecule is CC(Sc1nncs1)C(=O)Nc1ccccc1C#N. The molecule has 0 saturated carbocycles. The van der Waals surface area contributed by atoms with Gasteiger partial charge in [-0.15, -0.1) is 10.2 Å². The van der Waals surface area contributed by atoms with Crippen LogP contribution in [0.2, 0.25) is 0 Å². The maximum Gasteiger partial charge on any atom is 0.237 e. The highest BCUT2D eigenvalue weighted by molar-refractivity contribution is 8.02. The molecule has 1 atom stereocenters. The normalized spacial score (nSPS) is 11.6. The zero-order chi connectivity index (χ0) is 13.7. The molecule has 5 nitrogen and oxygen atoms in total. The highest BCUT2D eigenvalue weighted by Crippen LogP contribution is 2.25. The standard InChI is InChI=1S/C12H10N4OS2/c1-8(19-12-16-14-7-18-12)11(17)15-10-5-3-2-4-9(10)6-13/h2-5,7-8H,1H3,(H,15,17). The lowest BCUT2D eigenvalue weighted by Crippen LogP contribution is -2.22. The molecule has 1 aromatic heterocycles. The first-order chi connectivity index (χ1) is 9.20.